The van der Waals surface area contributed by atoms with E-state index in [1.165, 1.54) is 5.56 Å². The third-order valence-electron chi connectivity index (χ3n) is 3.56. The molecule has 1 aliphatic heterocycles. The number of nitrogens with zero attached hydrogens (tertiary/aromatic N) is 1. The van der Waals surface area contributed by atoms with Crippen LogP contribution in [0.4, 0.5) is 0 Å². The van der Waals surface area contributed by atoms with E-state index in [0.717, 1.165) is 38.0 Å². The van der Waals surface area contributed by atoms with Gasteiger partial charge in [0.2, 0.25) is 0 Å². The number of piperidine rings is 1. The average molecular weight is 245 g/mol. The van der Waals surface area contributed by atoms with Gasteiger partial charge in [0.25, 0.3) is 0 Å². The van der Waals surface area contributed by atoms with Gasteiger partial charge >= 0.3 is 5.97 Å². The van der Waals surface area contributed by atoms with Gasteiger partial charge in [0.15, 0.2) is 0 Å². The molecule has 0 aromatic heterocycles. The molecular weight excluding hydrogens is 226 g/mol. The lowest BCUT2D eigenvalue weighted by Gasteiger charge is -2.29. The van der Waals surface area contributed by atoms with Crippen molar-refractivity contribution in [2.75, 3.05) is 13.1 Å². The Bertz CT molecular complexity index is 441. The van der Waals surface area contributed by atoms with E-state index in [4.69, 9.17) is 5.11 Å². The van der Waals surface area contributed by atoms with Crippen molar-refractivity contribution in [3.05, 3.63) is 47.0 Å². The van der Waals surface area contributed by atoms with Crippen molar-refractivity contribution in [1.82, 2.24) is 4.90 Å². The summed E-state index contributed by atoms with van der Waals surface area (Å²) in [6, 6.07) is 10.4. The highest BCUT2D eigenvalue weighted by atomic mass is 16.4. The molecule has 3 heteroatoms. The monoisotopic (exact) mass is 245 g/mol. The van der Waals surface area contributed by atoms with Crippen LogP contribution in [0, 0.1) is 0 Å². The van der Waals surface area contributed by atoms with E-state index in [0.29, 0.717) is 5.57 Å². The minimum atomic E-state index is -0.776. The lowest BCUT2D eigenvalue weighted by Crippen LogP contribution is -2.30. The van der Waals surface area contributed by atoms with Crippen molar-refractivity contribution in [3.8, 4) is 0 Å². The fourth-order valence-electron chi connectivity index (χ4n) is 2.35. The van der Waals surface area contributed by atoms with Crippen molar-refractivity contribution < 1.29 is 9.90 Å². The van der Waals surface area contributed by atoms with Crippen molar-refractivity contribution in [2.24, 2.45) is 0 Å². The van der Waals surface area contributed by atoms with Gasteiger partial charge in [-0.2, -0.15) is 0 Å². The fraction of sp³-hybridized carbons (Fsp3) is 0.400. The van der Waals surface area contributed by atoms with E-state index in [-0.39, 0.29) is 0 Å². The molecule has 1 aliphatic rings. The van der Waals surface area contributed by atoms with Crippen LogP contribution < -0.4 is 0 Å². The molecule has 0 radical (unpaired) electrons. The molecule has 0 unspecified atom stereocenters. The molecule has 0 bridgehead atoms. The fourth-order valence-corrected chi connectivity index (χ4v) is 2.35. The number of benzene rings is 1. The van der Waals surface area contributed by atoms with Crippen molar-refractivity contribution in [3.63, 3.8) is 0 Å². The molecule has 1 heterocycles. The molecule has 0 atom stereocenters. The highest BCUT2D eigenvalue weighted by molar-refractivity contribution is 5.86. The normalized spacial score (nSPS) is 16.6. The molecule has 1 aromatic rings. The highest BCUT2D eigenvalue weighted by Crippen LogP contribution is 2.21. The highest BCUT2D eigenvalue weighted by Gasteiger charge is 2.17. The summed E-state index contributed by atoms with van der Waals surface area (Å²) in [5.41, 5.74) is 2.96. The van der Waals surface area contributed by atoms with E-state index in [1.54, 1.807) is 6.92 Å². The standard InChI is InChI=1S/C15H19NO2/c1-12(15(17)18)14-7-9-16(10-8-14)11-13-5-3-2-4-6-13/h2-6H,7-11H2,1H3,(H,17,18). The minimum Gasteiger partial charge on any atom is -0.478 e. The van der Waals surface area contributed by atoms with Crippen LogP contribution in [0.1, 0.15) is 25.3 Å². The molecule has 1 N–H and O–H groups in total. The molecule has 0 saturated carbocycles. The predicted octanol–water partition coefficient (Wildman–Crippen LogP) is 2.68. The Kier molecular flexibility index (Phi) is 4.15. The van der Waals surface area contributed by atoms with Gasteiger partial charge in [-0.25, -0.2) is 4.79 Å². The molecule has 1 saturated heterocycles. The average Bonchev–Trinajstić information content (AvgIpc) is 2.40. The maximum absolute atomic E-state index is 10.9. The van der Waals surface area contributed by atoms with Gasteiger partial charge < -0.3 is 5.11 Å². The van der Waals surface area contributed by atoms with Crippen LogP contribution in [-0.4, -0.2) is 29.1 Å². The van der Waals surface area contributed by atoms with Gasteiger partial charge in [0.05, 0.1) is 0 Å². The number of hydrogen-bond donors (Lipinski definition) is 1. The van der Waals surface area contributed by atoms with Crippen LogP contribution >= 0.6 is 0 Å². The second kappa shape index (κ2) is 5.83. The Labute approximate surface area is 108 Å². The Morgan fingerprint density at radius 1 is 1.22 bits per heavy atom. The summed E-state index contributed by atoms with van der Waals surface area (Å²) in [7, 11) is 0. The first-order valence-corrected chi connectivity index (χ1v) is 6.35. The van der Waals surface area contributed by atoms with Crippen molar-refractivity contribution in [1.29, 1.82) is 0 Å². The Morgan fingerprint density at radius 3 is 2.39 bits per heavy atom. The van der Waals surface area contributed by atoms with Gasteiger partial charge in [-0.05, 0) is 25.3 Å². The number of carboxylic acids is 1. The molecule has 1 fully saturated rings. The van der Waals surface area contributed by atoms with E-state index >= 15 is 0 Å². The van der Waals surface area contributed by atoms with Crippen LogP contribution in [0.15, 0.2) is 41.5 Å². The van der Waals surface area contributed by atoms with Gasteiger partial charge in [-0.15, -0.1) is 0 Å². The summed E-state index contributed by atoms with van der Waals surface area (Å²) in [5.74, 6) is -0.776. The molecule has 18 heavy (non-hydrogen) atoms. The first-order valence-electron chi connectivity index (χ1n) is 6.35. The van der Waals surface area contributed by atoms with Gasteiger partial charge in [0.1, 0.15) is 0 Å². The molecule has 0 spiro atoms. The largest absolute Gasteiger partial charge is 0.478 e. The summed E-state index contributed by atoms with van der Waals surface area (Å²) in [6.45, 7) is 4.58. The Balaban J connectivity index is 1.91. The third-order valence-corrected chi connectivity index (χ3v) is 3.56. The van der Waals surface area contributed by atoms with Gasteiger partial charge in [0, 0.05) is 25.2 Å². The lowest BCUT2D eigenvalue weighted by molar-refractivity contribution is -0.132. The second-order valence-electron chi connectivity index (χ2n) is 4.80. The maximum atomic E-state index is 10.9. The van der Waals surface area contributed by atoms with Crippen LogP contribution in [0.3, 0.4) is 0 Å². The zero-order valence-electron chi connectivity index (χ0n) is 10.7. The number of hydrogen-bond acceptors (Lipinski definition) is 2. The second-order valence-corrected chi connectivity index (χ2v) is 4.80. The Hall–Kier alpha value is -1.61. The SMILES string of the molecule is CC(C(=O)O)=C1CCN(Cc2ccccc2)CC1. The van der Waals surface area contributed by atoms with Gasteiger partial charge in [-0.3, -0.25) is 4.90 Å². The summed E-state index contributed by atoms with van der Waals surface area (Å²) < 4.78 is 0. The van der Waals surface area contributed by atoms with Crippen LogP contribution in [0.5, 0.6) is 0 Å². The topological polar surface area (TPSA) is 40.5 Å². The zero-order valence-corrected chi connectivity index (χ0v) is 10.7. The molecule has 3 nitrogen and oxygen atoms in total. The third kappa shape index (κ3) is 3.20. The van der Waals surface area contributed by atoms with E-state index in [1.807, 2.05) is 6.07 Å². The summed E-state index contributed by atoms with van der Waals surface area (Å²) in [5, 5.41) is 8.96. The Morgan fingerprint density at radius 2 is 1.83 bits per heavy atom. The van der Waals surface area contributed by atoms with E-state index < -0.39 is 5.97 Å². The van der Waals surface area contributed by atoms with Crippen molar-refractivity contribution in [2.45, 2.75) is 26.3 Å². The van der Waals surface area contributed by atoms with Crippen LogP contribution in [-0.2, 0) is 11.3 Å². The van der Waals surface area contributed by atoms with Crippen molar-refractivity contribution >= 4 is 5.97 Å². The number of aliphatic carboxylic acids is 1. The summed E-state index contributed by atoms with van der Waals surface area (Å²) in [6.07, 6.45) is 1.76. The molecule has 96 valence electrons. The van der Waals surface area contributed by atoms with Gasteiger partial charge in [-0.1, -0.05) is 35.9 Å². The number of rotatable bonds is 3. The molecule has 1 aromatic carbocycles. The molecular formula is C15H19NO2. The van der Waals surface area contributed by atoms with Crippen LogP contribution in [0.2, 0.25) is 0 Å². The first kappa shape index (κ1) is 12.8. The quantitative estimate of drug-likeness (QED) is 0.832. The summed E-state index contributed by atoms with van der Waals surface area (Å²) >= 11 is 0. The smallest absolute Gasteiger partial charge is 0.331 e. The lowest BCUT2D eigenvalue weighted by atomic mass is 9.98. The predicted molar refractivity (Wildman–Crippen MR) is 71.3 cm³/mol. The minimum absolute atomic E-state index is 0.536. The summed E-state index contributed by atoms with van der Waals surface area (Å²) in [4.78, 5) is 13.3. The number of carbonyl (C=O) groups is 1. The number of likely N-dealkylation sites (tertiary alicyclic amines) is 1. The van der Waals surface area contributed by atoms with Crippen LogP contribution in [0.25, 0.3) is 0 Å². The maximum Gasteiger partial charge on any atom is 0.331 e. The molecule has 0 amide bonds. The molecule has 0 aliphatic carbocycles. The molecule has 2 rings (SSSR count). The first-order chi connectivity index (χ1) is 8.66. The van der Waals surface area contributed by atoms with E-state index in [2.05, 4.69) is 29.2 Å². The number of carboxylic acid groups (broad SMARTS) is 1. The van der Waals surface area contributed by atoms with E-state index in [9.17, 15) is 4.79 Å². The zero-order chi connectivity index (χ0) is 13.0.